The van der Waals surface area contributed by atoms with E-state index in [1.165, 1.54) is 11.6 Å². The van der Waals surface area contributed by atoms with Crippen molar-refractivity contribution in [2.24, 2.45) is 0 Å². The molecule has 0 aliphatic heterocycles. The van der Waals surface area contributed by atoms with E-state index in [1.54, 1.807) is 6.07 Å². The largest absolute Gasteiger partial charge is 0.207 e. The highest BCUT2D eigenvalue weighted by atomic mass is 35.5. The molecule has 0 saturated carbocycles. The van der Waals surface area contributed by atoms with Gasteiger partial charge in [-0.1, -0.05) is 36.4 Å². The molecule has 0 radical (unpaired) electrons. The smallest absolute Gasteiger partial charge is 0.123 e. The summed E-state index contributed by atoms with van der Waals surface area (Å²) in [4.78, 5) is 0. The molecule has 1 atom stereocenters. The van der Waals surface area contributed by atoms with Crippen LogP contribution in [-0.2, 0) is 6.42 Å². The molecule has 0 fully saturated rings. The molecule has 94 valence electrons. The molecule has 0 bridgehead atoms. The second kappa shape index (κ2) is 6.01. The third-order valence-electron chi connectivity index (χ3n) is 3.23. The molecule has 0 saturated heterocycles. The van der Waals surface area contributed by atoms with Crippen LogP contribution in [0.25, 0.3) is 0 Å². The first-order valence-electron chi connectivity index (χ1n) is 6.06. The van der Waals surface area contributed by atoms with Gasteiger partial charge in [-0.2, -0.15) is 0 Å². The molecule has 0 amide bonds. The Morgan fingerprint density at radius 1 is 1.11 bits per heavy atom. The van der Waals surface area contributed by atoms with Crippen LogP contribution in [0.3, 0.4) is 0 Å². The van der Waals surface area contributed by atoms with Gasteiger partial charge in [-0.3, -0.25) is 0 Å². The van der Waals surface area contributed by atoms with Crippen molar-refractivity contribution in [3.05, 3.63) is 71.0 Å². The second-order valence-corrected chi connectivity index (χ2v) is 4.85. The van der Waals surface area contributed by atoms with Gasteiger partial charge in [0.2, 0.25) is 0 Å². The summed E-state index contributed by atoms with van der Waals surface area (Å²) in [6.45, 7) is 2.01. The number of rotatable bonds is 4. The van der Waals surface area contributed by atoms with Crippen LogP contribution < -0.4 is 0 Å². The topological polar surface area (TPSA) is 0 Å². The van der Waals surface area contributed by atoms with E-state index in [4.69, 9.17) is 11.6 Å². The molecule has 0 aromatic heterocycles. The molecular weight excluding hydrogens is 247 g/mol. The van der Waals surface area contributed by atoms with E-state index in [-0.39, 0.29) is 11.7 Å². The number of halogens is 2. The van der Waals surface area contributed by atoms with Crippen molar-refractivity contribution in [2.75, 3.05) is 5.88 Å². The van der Waals surface area contributed by atoms with Crippen molar-refractivity contribution < 1.29 is 4.39 Å². The Hall–Kier alpha value is -1.34. The van der Waals surface area contributed by atoms with E-state index in [0.29, 0.717) is 5.88 Å². The van der Waals surface area contributed by atoms with Gasteiger partial charge in [0, 0.05) is 11.8 Å². The molecule has 0 aliphatic rings. The Kier molecular flexibility index (Phi) is 4.38. The molecule has 18 heavy (non-hydrogen) atoms. The third kappa shape index (κ3) is 3.11. The summed E-state index contributed by atoms with van der Waals surface area (Å²) in [5.74, 6) is 0.588. The van der Waals surface area contributed by atoms with Crippen LogP contribution in [0.15, 0.2) is 48.5 Å². The summed E-state index contributed by atoms with van der Waals surface area (Å²) >= 11 is 6.05. The molecule has 2 aromatic rings. The van der Waals surface area contributed by atoms with E-state index < -0.39 is 0 Å². The van der Waals surface area contributed by atoms with E-state index in [2.05, 4.69) is 12.1 Å². The summed E-state index contributed by atoms with van der Waals surface area (Å²) in [6, 6.07) is 15.1. The summed E-state index contributed by atoms with van der Waals surface area (Å²) in [7, 11) is 0. The molecule has 0 N–H and O–H groups in total. The van der Waals surface area contributed by atoms with Gasteiger partial charge in [-0.15, -0.1) is 11.6 Å². The first kappa shape index (κ1) is 13.1. The van der Waals surface area contributed by atoms with Gasteiger partial charge < -0.3 is 0 Å². The van der Waals surface area contributed by atoms with Gasteiger partial charge in [-0.25, -0.2) is 4.39 Å². The van der Waals surface area contributed by atoms with Crippen LogP contribution >= 0.6 is 11.6 Å². The fourth-order valence-corrected chi connectivity index (χ4v) is 2.40. The van der Waals surface area contributed by atoms with Gasteiger partial charge in [0.15, 0.2) is 0 Å². The Morgan fingerprint density at radius 3 is 2.50 bits per heavy atom. The lowest BCUT2D eigenvalue weighted by atomic mass is 9.91. The monoisotopic (exact) mass is 262 g/mol. The summed E-state index contributed by atoms with van der Waals surface area (Å²) in [6.07, 6.45) is 0.775. The minimum atomic E-state index is -0.183. The lowest BCUT2D eigenvalue weighted by molar-refractivity contribution is 0.622. The maximum Gasteiger partial charge on any atom is 0.123 e. The first-order chi connectivity index (χ1) is 8.70. The van der Waals surface area contributed by atoms with Gasteiger partial charge in [0.25, 0.3) is 0 Å². The van der Waals surface area contributed by atoms with Crippen LogP contribution in [0.1, 0.15) is 22.6 Å². The summed E-state index contributed by atoms with van der Waals surface area (Å²) in [5, 5.41) is 0. The summed E-state index contributed by atoms with van der Waals surface area (Å²) < 4.78 is 13.3. The molecule has 0 heterocycles. The standard InChI is InChI=1S/C16H16ClF/c1-12-7-8-16(18)10-14(12)9-15(11-17)13-5-3-2-4-6-13/h2-8,10,15H,9,11H2,1H3. The Labute approximate surface area is 112 Å². The quantitative estimate of drug-likeness (QED) is 0.701. The zero-order chi connectivity index (χ0) is 13.0. The molecule has 0 spiro atoms. The zero-order valence-corrected chi connectivity index (χ0v) is 11.1. The lowest BCUT2D eigenvalue weighted by Gasteiger charge is -2.16. The van der Waals surface area contributed by atoms with Gasteiger partial charge >= 0.3 is 0 Å². The van der Waals surface area contributed by atoms with Crippen LogP contribution in [0, 0.1) is 12.7 Å². The van der Waals surface area contributed by atoms with Crippen molar-refractivity contribution in [1.29, 1.82) is 0 Å². The van der Waals surface area contributed by atoms with E-state index >= 15 is 0 Å². The average molecular weight is 263 g/mol. The fourth-order valence-electron chi connectivity index (χ4n) is 2.11. The molecule has 1 unspecified atom stereocenters. The highest BCUT2D eigenvalue weighted by Crippen LogP contribution is 2.24. The number of alkyl halides is 1. The van der Waals surface area contributed by atoms with Crippen molar-refractivity contribution in [1.82, 2.24) is 0 Å². The van der Waals surface area contributed by atoms with Gasteiger partial charge in [-0.05, 0) is 42.2 Å². The molecule has 0 nitrogen and oxygen atoms in total. The van der Waals surface area contributed by atoms with Crippen LogP contribution in [0.4, 0.5) is 4.39 Å². The van der Waals surface area contributed by atoms with Crippen molar-refractivity contribution >= 4 is 11.6 Å². The minimum absolute atomic E-state index is 0.183. The van der Waals surface area contributed by atoms with Crippen LogP contribution in [0.5, 0.6) is 0 Å². The lowest BCUT2D eigenvalue weighted by Crippen LogP contribution is -2.06. The van der Waals surface area contributed by atoms with Gasteiger partial charge in [0.05, 0.1) is 0 Å². The minimum Gasteiger partial charge on any atom is -0.207 e. The molecule has 2 aromatic carbocycles. The van der Waals surface area contributed by atoms with Crippen molar-refractivity contribution in [3.63, 3.8) is 0 Å². The maximum absolute atomic E-state index is 13.3. The predicted octanol–water partition coefficient (Wildman–Crippen LogP) is 4.70. The zero-order valence-electron chi connectivity index (χ0n) is 10.4. The van der Waals surface area contributed by atoms with Crippen molar-refractivity contribution in [2.45, 2.75) is 19.3 Å². The fraction of sp³-hybridized carbons (Fsp3) is 0.250. The number of hydrogen-bond acceptors (Lipinski definition) is 0. The van der Waals surface area contributed by atoms with Crippen LogP contribution in [-0.4, -0.2) is 5.88 Å². The third-order valence-corrected chi connectivity index (χ3v) is 3.61. The van der Waals surface area contributed by atoms with Gasteiger partial charge in [0.1, 0.15) is 5.82 Å². The normalized spacial score (nSPS) is 12.4. The maximum atomic E-state index is 13.3. The van der Waals surface area contributed by atoms with Crippen LogP contribution in [0.2, 0.25) is 0 Å². The molecule has 2 heteroatoms. The van der Waals surface area contributed by atoms with E-state index in [1.807, 2.05) is 31.2 Å². The highest BCUT2D eigenvalue weighted by molar-refractivity contribution is 6.18. The SMILES string of the molecule is Cc1ccc(F)cc1CC(CCl)c1ccccc1. The van der Waals surface area contributed by atoms with E-state index in [0.717, 1.165) is 17.5 Å². The Morgan fingerprint density at radius 2 is 1.83 bits per heavy atom. The highest BCUT2D eigenvalue weighted by Gasteiger charge is 2.12. The second-order valence-electron chi connectivity index (χ2n) is 4.54. The molecular formula is C16H16ClF. The first-order valence-corrected chi connectivity index (χ1v) is 6.60. The average Bonchev–Trinajstić information content (AvgIpc) is 2.41. The number of benzene rings is 2. The Balaban J connectivity index is 2.23. The molecule has 2 rings (SSSR count). The summed E-state index contributed by atoms with van der Waals surface area (Å²) in [5.41, 5.74) is 3.35. The van der Waals surface area contributed by atoms with E-state index in [9.17, 15) is 4.39 Å². The predicted molar refractivity (Wildman–Crippen MR) is 74.7 cm³/mol. The number of hydrogen-bond donors (Lipinski definition) is 0. The molecule has 0 aliphatic carbocycles. The number of aryl methyl sites for hydroxylation is 1. The Bertz CT molecular complexity index is 508. The van der Waals surface area contributed by atoms with Crippen molar-refractivity contribution in [3.8, 4) is 0 Å².